The highest BCUT2D eigenvalue weighted by atomic mass is 35.5. The number of hydrogen-bond acceptors (Lipinski definition) is 2. The maximum Gasteiger partial charge on any atom is 0.303 e. The summed E-state index contributed by atoms with van der Waals surface area (Å²) in [5.74, 6) is -0.126. The number of carbonyl (C=O) groups excluding carboxylic acids is 1. The monoisotopic (exact) mass is 256 g/mol. The molecule has 88 valence electrons. The lowest BCUT2D eigenvalue weighted by Crippen LogP contribution is -2.26. The molecule has 0 aliphatic carbocycles. The molecule has 2 nitrogen and oxygen atoms in total. The second kappa shape index (κ2) is 5.50. The van der Waals surface area contributed by atoms with Crippen molar-refractivity contribution >= 4 is 32.3 Å². The van der Waals surface area contributed by atoms with Crippen LogP contribution >= 0.6 is 11.6 Å². The molecule has 0 aliphatic heterocycles. The van der Waals surface area contributed by atoms with Gasteiger partial charge in [-0.15, -0.1) is 0 Å². The lowest BCUT2D eigenvalue weighted by molar-refractivity contribution is -0.151. The molecule has 0 radical (unpaired) electrons. The molecular formula is C12H17ClO2Si. The van der Waals surface area contributed by atoms with Crippen molar-refractivity contribution in [2.24, 2.45) is 0 Å². The maximum absolute atomic E-state index is 11.5. The first-order chi connectivity index (χ1) is 7.38. The van der Waals surface area contributed by atoms with Crippen molar-refractivity contribution in [3.05, 3.63) is 29.3 Å². The fourth-order valence-electron chi connectivity index (χ4n) is 1.33. The molecule has 0 aromatic heterocycles. The van der Waals surface area contributed by atoms with Gasteiger partial charge in [0.25, 0.3) is 0 Å². The molecule has 0 saturated heterocycles. The smallest absolute Gasteiger partial charge is 0.303 e. The summed E-state index contributed by atoms with van der Waals surface area (Å²) in [5.41, 5.74) is -0.397. The zero-order valence-electron chi connectivity index (χ0n) is 9.92. The van der Waals surface area contributed by atoms with Crippen LogP contribution in [0.5, 0.6) is 0 Å². The lowest BCUT2D eigenvalue weighted by Gasteiger charge is -2.19. The van der Waals surface area contributed by atoms with Crippen LogP contribution in [0.2, 0.25) is 11.1 Å². The summed E-state index contributed by atoms with van der Waals surface area (Å²) in [5, 5.41) is 1.88. The first-order valence-corrected chi connectivity index (χ1v) is 7.42. The average molecular weight is 257 g/mol. The van der Waals surface area contributed by atoms with E-state index in [4.69, 9.17) is 16.3 Å². The molecular weight excluding hydrogens is 240 g/mol. The van der Waals surface area contributed by atoms with Gasteiger partial charge in [0.15, 0.2) is 0 Å². The van der Waals surface area contributed by atoms with Gasteiger partial charge in [0.1, 0.15) is 5.60 Å². The van der Waals surface area contributed by atoms with E-state index < -0.39 is 15.1 Å². The highest BCUT2D eigenvalue weighted by Crippen LogP contribution is 2.09. The Kier molecular flexibility index (Phi) is 4.56. The molecule has 0 heterocycles. The molecule has 0 amide bonds. The molecule has 0 atom stereocenters. The minimum absolute atomic E-state index is 0.126. The third kappa shape index (κ3) is 4.81. The Labute approximate surface area is 104 Å². The average Bonchev–Trinajstić information content (AvgIpc) is 2.14. The van der Waals surface area contributed by atoms with E-state index in [0.29, 0.717) is 6.04 Å². The molecule has 0 unspecified atom stereocenters. The Morgan fingerprint density at radius 3 is 2.56 bits per heavy atom. The Bertz CT molecular complexity index is 372. The molecule has 4 heteroatoms. The van der Waals surface area contributed by atoms with Crippen LogP contribution < -0.4 is 5.19 Å². The molecule has 16 heavy (non-hydrogen) atoms. The van der Waals surface area contributed by atoms with Gasteiger partial charge in [-0.1, -0.05) is 29.8 Å². The van der Waals surface area contributed by atoms with E-state index in [-0.39, 0.29) is 5.97 Å². The van der Waals surface area contributed by atoms with Crippen molar-refractivity contribution in [1.29, 1.82) is 0 Å². The van der Waals surface area contributed by atoms with E-state index in [1.807, 2.05) is 45.0 Å². The molecule has 0 N–H and O–H groups in total. The van der Waals surface area contributed by atoms with Crippen LogP contribution in [0.25, 0.3) is 0 Å². The molecule has 1 aromatic carbocycles. The summed E-state index contributed by atoms with van der Waals surface area (Å²) in [6.45, 7) is 5.63. The number of rotatable bonds is 3. The van der Waals surface area contributed by atoms with E-state index in [1.54, 1.807) is 0 Å². The quantitative estimate of drug-likeness (QED) is 0.610. The predicted octanol–water partition coefficient (Wildman–Crippen LogP) is 1.89. The van der Waals surface area contributed by atoms with Crippen molar-refractivity contribution in [3.63, 3.8) is 0 Å². The molecule has 0 saturated carbocycles. The molecule has 0 fully saturated rings. The van der Waals surface area contributed by atoms with Crippen molar-refractivity contribution in [3.8, 4) is 0 Å². The molecule has 0 spiro atoms. The summed E-state index contributed by atoms with van der Waals surface area (Å²) in [4.78, 5) is 11.5. The van der Waals surface area contributed by atoms with Gasteiger partial charge in [0.05, 0.1) is 9.52 Å². The van der Waals surface area contributed by atoms with Gasteiger partial charge in [-0.25, -0.2) is 0 Å². The first-order valence-electron chi connectivity index (χ1n) is 5.34. The number of carbonyl (C=O) groups is 1. The van der Waals surface area contributed by atoms with Crippen molar-refractivity contribution in [1.82, 2.24) is 0 Å². The summed E-state index contributed by atoms with van der Waals surface area (Å²) in [6.07, 6.45) is 0. The third-order valence-electron chi connectivity index (χ3n) is 1.98. The van der Waals surface area contributed by atoms with E-state index >= 15 is 0 Å². The van der Waals surface area contributed by atoms with E-state index in [0.717, 1.165) is 10.2 Å². The topological polar surface area (TPSA) is 26.3 Å². The highest BCUT2D eigenvalue weighted by Gasteiger charge is 2.16. The normalized spacial score (nSPS) is 12.0. The van der Waals surface area contributed by atoms with Crippen molar-refractivity contribution in [2.45, 2.75) is 32.4 Å². The number of benzene rings is 1. The SMILES string of the molecule is CC(C)(C)OC(=O)C[SiH2]c1ccccc1Cl. The predicted molar refractivity (Wildman–Crippen MR) is 70.3 cm³/mol. The second-order valence-electron chi connectivity index (χ2n) is 4.68. The van der Waals surface area contributed by atoms with Crippen molar-refractivity contribution in [2.75, 3.05) is 0 Å². The van der Waals surface area contributed by atoms with Crippen LogP contribution in [-0.2, 0) is 9.53 Å². The Morgan fingerprint density at radius 1 is 1.38 bits per heavy atom. The maximum atomic E-state index is 11.5. The van der Waals surface area contributed by atoms with E-state index in [2.05, 4.69) is 0 Å². The minimum Gasteiger partial charge on any atom is -0.460 e. The van der Waals surface area contributed by atoms with Crippen LogP contribution in [-0.4, -0.2) is 21.1 Å². The summed E-state index contributed by atoms with van der Waals surface area (Å²) >= 11 is 6.02. The van der Waals surface area contributed by atoms with E-state index in [9.17, 15) is 4.79 Å². The van der Waals surface area contributed by atoms with Gasteiger partial charge in [-0.05, 0) is 32.0 Å². The van der Waals surface area contributed by atoms with Crippen molar-refractivity contribution < 1.29 is 9.53 Å². The van der Waals surface area contributed by atoms with Crippen LogP contribution in [0.4, 0.5) is 0 Å². The largest absolute Gasteiger partial charge is 0.460 e. The molecule has 1 rings (SSSR count). The second-order valence-corrected chi connectivity index (χ2v) is 6.85. The summed E-state index contributed by atoms with van der Waals surface area (Å²) in [7, 11) is -0.663. The van der Waals surface area contributed by atoms with E-state index in [1.165, 1.54) is 0 Å². The van der Waals surface area contributed by atoms with Gasteiger partial charge in [0.2, 0.25) is 0 Å². The van der Waals surface area contributed by atoms with Gasteiger partial charge in [0, 0.05) is 11.1 Å². The Morgan fingerprint density at radius 2 is 2.00 bits per heavy atom. The molecule has 1 aromatic rings. The summed E-state index contributed by atoms with van der Waals surface area (Å²) < 4.78 is 5.25. The van der Waals surface area contributed by atoms with Crippen LogP contribution in [0, 0.1) is 0 Å². The zero-order valence-corrected chi connectivity index (χ0v) is 12.1. The van der Waals surface area contributed by atoms with Crippen LogP contribution in [0.15, 0.2) is 24.3 Å². The van der Waals surface area contributed by atoms with Gasteiger partial charge in [-0.3, -0.25) is 4.79 Å². The number of hydrogen-bond donors (Lipinski definition) is 0. The standard InChI is InChI=1S/C12H17ClO2Si/c1-12(2,3)15-11(14)8-16-10-7-5-4-6-9(10)13/h4-7H,8,16H2,1-3H3. The number of halogens is 1. The Balaban J connectivity index is 2.47. The van der Waals surface area contributed by atoms with Crippen LogP contribution in [0.3, 0.4) is 0 Å². The van der Waals surface area contributed by atoms with Crippen LogP contribution in [0.1, 0.15) is 20.8 Å². The van der Waals surface area contributed by atoms with Gasteiger partial charge < -0.3 is 4.74 Å². The lowest BCUT2D eigenvalue weighted by atomic mass is 10.2. The first kappa shape index (κ1) is 13.3. The number of esters is 1. The van der Waals surface area contributed by atoms with Gasteiger partial charge >= 0.3 is 5.97 Å². The van der Waals surface area contributed by atoms with Gasteiger partial charge in [-0.2, -0.15) is 0 Å². The molecule has 0 bridgehead atoms. The minimum atomic E-state index is -0.663. The highest BCUT2D eigenvalue weighted by molar-refractivity contribution is 6.60. The fraction of sp³-hybridized carbons (Fsp3) is 0.417. The summed E-state index contributed by atoms with van der Waals surface area (Å²) in [6, 6.07) is 8.19. The third-order valence-corrected chi connectivity index (χ3v) is 4.38. The molecule has 0 aliphatic rings. The Hall–Kier alpha value is -0.803. The zero-order chi connectivity index (χ0) is 12.2. The number of ether oxygens (including phenoxy) is 1. The fourth-order valence-corrected chi connectivity index (χ4v) is 2.98.